The first-order valence-electron chi connectivity index (χ1n) is 3.96. The molecule has 1 aromatic rings. The number of halogens is 1. The van der Waals surface area contributed by atoms with Crippen molar-refractivity contribution in [3.63, 3.8) is 0 Å². The summed E-state index contributed by atoms with van der Waals surface area (Å²) in [5.74, 6) is 0.406. The van der Waals surface area contributed by atoms with Crippen LogP contribution in [0.5, 0.6) is 0 Å². The Morgan fingerprint density at radius 2 is 2.50 bits per heavy atom. The van der Waals surface area contributed by atoms with Crippen molar-refractivity contribution in [1.82, 2.24) is 14.8 Å². The van der Waals surface area contributed by atoms with Gasteiger partial charge in [-0.1, -0.05) is 11.8 Å². The lowest BCUT2D eigenvalue weighted by Gasteiger charge is -2.20. The maximum Gasteiger partial charge on any atom is 0.295 e. The van der Waals surface area contributed by atoms with Crippen LogP contribution in [0.2, 0.25) is 0 Å². The van der Waals surface area contributed by atoms with E-state index in [0.29, 0.717) is 10.9 Å². The van der Waals surface area contributed by atoms with Crippen LogP contribution >= 0.6 is 23.4 Å². The Kier molecular flexibility index (Phi) is 2.29. The molecule has 0 bridgehead atoms. The highest BCUT2D eigenvalue weighted by Crippen LogP contribution is 2.33. The number of aryl methyl sites for hydroxylation is 1. The van der Waals surface area contributed by atoms with Gasteiger partial charge in [-0.2, -0.15) is 10.1 Å². The van der Waals surface area contributed by atoms with E-state index in [-0.39, 0.29) is 17.1 Å². The summed E-state index contributed by atoms with van der Waals surface area (Å²) in [7, 11) is 0. The number of nitrogens with zero attached hydrogens (tertiary/aromatic N) is 3. The maximum atomic E-state index is 11.2. The summed E-state index contributed by atoms with van der Waals surface area (Å²) in [5.41, 5.74) is -1.31. The van der Waals surface area contributed by atoms with Crippen molar-refractivity contribution < 1.29 is 5.11 Å². The molecule has 7 heteroatoms. The Labute approximate surface area is 89.1 Å². The van der Waals surface area contributed by atoms with Crippen LogP contribution in [-0.4, -0.2) is 31.5 Å². The molecule has 1 aliphatic heterocycles. The van der Waals surface area contributed by atoms with E-state index in [1.807, 2.05) is 0 Å². The van der Waals surface area contributed by atoms with E-state index in [9.17, 15) is 9.90 Å². The molecule has 0 aliphatic carbocycles. The molecule has 76 valence electrons. The molecule has 0 unspecified atom stereocenters. The number of rotatable bonds is 1. The fourth-order valence-electron chi connectivity index (χ4n) is 1.15. The summed E-state index contributed by atoms with van der Waals surface area (Å²) in [4.78, 5) is 14.9. The molecule has 2 rings (SSSR count). The summed E-state index contributed by atoms with van der Waals surface area (Å²) in [6.45, 7) is 1.56. The summed E-state index contributed by atoms with van der Waals surface area (Å²) >= 11 is 6.92. The van der Waals surface area contributed by atoms with Crippen molar-refractivity contribution in [3.8, 4) is 0 Å². The topological polar surface area (TPSA) is 68.0 Å². The molecular formula is C7H8ClN3O2S. The third-order valence-corrected chi connectivity index (χ3v) is 3.54. The third kappa shape index (κ3) is 1.34. The third-order valence-electron chi connectivity index (χ3n) is 1.98. The van der Waals surface area contributed by atoms with Gasteiger partial charge in [-0.15, -0.1) is 11.6 Å². The van der Waals surface area contributed by atoms with Crippen LogP contribution in [0.3, 0.4) is 0 Å². The lowest BCUT2D eigenvalue weighted by molar-refractivity contribution is -0.00740. The van der Waals surface area contributed by atoms with Crippen molar-refractivity contribution in [3.05, 3.63) is 16.0 Å². The first-order valence-corrected chi connectivity index (χ1v) is 5.48. The minimum absolute atomic E-state index is 0.0317. The second kappa shape index (κ2) is 3.22. The molecule has 0 radical (unpaired) electrons. The van der Waals surface area contributed by atoms with E-state index in [1.54, 1.807) is 6.92 Å². The Morgan fingerprint density at radius 1 is 1.79 bits per heavy atom. The summed E-state index contributed by atoms with van der Waals surface area (Å²) < 4.78 is 1.32. The Bertz CT molecular complexity index is 435. The minimum Gasteiger partial charge on any atom is -0.367 e. The number of aliphatic hydroxyl groups is 1. The van der Waals surface area contributed by atoms with Crippen molar-refractivity contribution in [2.24, 2.45) is 0 Å². The zero-order valence-electron chi connectivity index (χ0n) is 7.40. The lowest BCUT2D eigenvalue weighted by atomic mass is 10.3. The molecule has 0 amide bonds. The highest BCUT2D eigenvalue weighted by Gasteiger charge is 2.38. The van der Waals surface area contributed by atoms with E-state index in [4.69, 9.17) is 11.6 Å². The van der Waals surface area contributed by atoms with Gasteiger partial charge in [0.05, 0.1) is 11.6 Å². The van der Waals surface area contributed by atoms with Crippen LogP contribution in [0.4, 0.5) is 0 Å². The summed E-state index contributed by atoms with van der Waals surface area (Å²) in [5, 5.41) is 14.4. The maximum absolute atomic E-state index is 11.2. The second-order valence-corrected chi connectivity index (χ2v) is 4.31. The van der Waals surface area contributed by atoms with Gasteiger partial charge >= 0.3 is 0 Å². The van der Waals surface area contributed by atoms with Crippen molar-refractivity contribution >= 4 is 23.4 Å². The minimum atomic E-state index is -1.22. The van der Waals surface area contributed by atoms with Crippen molar-refractivity contribution in [2.75, 3.05) is 11.6 Å². The van der Waals surface area contributed by atoms with Gasteiger partial charge in [-0.3, -0.25) is 4.79 Å². The van der Waals surface area contributed by atoms with E-state index in [0.717, 1.165) is 0 Å². The molecule has 0 aromatic carbocycles. The average molecular weight is 234 g/mol. The van der Waals surface area contributed by atoms with Gasteiger partial charge in [0.15, 0.2) is 10.9 Å². The largest absolute Gasteiger partial charge is 0.367 e. The van der Waals surface area contributed by atoms with Crippen LogP contribution < -0.4 is 5.56 Å². The van der Waals surface area contributed by atoms with Crippen LogP contribution in [0.15, 0.2) is 9.95 Å². The van der Waals surface area contributed by atoms with E-state index in [2.05, 4.69) is 10.1 Å². The second-order valence-electron chi connectivity index (χ2n) is 3.10. The van der Waals surface area contributed by atoms with Crippen LogP contribution in [0.25, 0.3) is 0 Å². The van der Waals surface area contributed by atoms with Gasteiger partial charge in [0.1, 0.15) is 5.69 Å². The summed E-state index contributed by atoms with van der Waals surface area (Å²) in [6, 6.07) is 0. The first-order chi connectivity index (χ1) is 6.57. The standard InChI is InChI=1S/C7H8ClN3O2S/c1-4-5(12)9-6-11(10-4)7(13,2-8)3-14-6/h13H,2-3H2,1H3/t7-/m1/s1. The zero-order valence-corrected chi connectivity index (χ0v) is 8.97. The van der Waals surface area contributed by atoms with E-state index < -0.39 is 5.72 Å². The molecule has 1 atom stereocenters. The molecule has 0 saturated heterocycles. The quantitative estimate of drug-likeness (QED) is 0.689. The number of aromatic nitrogens is 3. The van der Waals surface area contributed by atoms with Crippen molar-refractivity contribution in [1.29, 1.82) is 0 Å². The van der Waals surface area contributed by atoms with Crippen LogP contribution in [-0.2, 0) is 5.72 Å². The lowest BCUT2D eigenvalue weighted by Crippen LogP contribution is -2.38. The Hall–Kier alpha value is -0.590. The molecule has 5 nitrogen and oxygen atoms in total. The van der Waals surface area contributed by atoms with Gasteiger partial charge in [0, 0.05) is 0 Å². The normalized spacial score (nSPS) is 25.1. The molecule has 14 heavy (non-hydrogen) atoms. The number of thioether (sulfide) groups is 1. The Balaban J connectivity index is 2.61. The number of fused-ring (bicyclic) bond motifs is 1. The van der Waals surface area contributed by atoms with Gasteiger partial charge < -0.3 is 5.11 Å². The van der Waals surface area contributed by atoms with Gasteiger partial charge in [-0.05, 0) is 6.92 Å². The van der Waals surface area contributed by atoms with Gasteiger partial charge in [0.2, 0.25) is 0 Å². The highest BCUT2D eigenvalue weighted by molar-refractivity contribution is 7.99. The molecule has 1 aromatic heterocycles. The fraction of sp³-hybridized carbons (Fsp3) is 0.571. The number of hydrogen-bond acceptors (Lipinski definition) is 5. The van der Waals surface area contributed by atoms with Gasteiger partial charge in [-0.25, -0.2) is 4.68 Å². The zero-order chi connectivity index (χ0) is 10.3. The molecule has 2 heterocycles. The predicted molar refractivity (Wildman–Crippen MR) is 52.7 cm³/mol. The fourth-order valence-corrected chi connectivity index (χ4v) is 2.54. The van der Waals surface area contributed by atoms with E-state index in [1.165, 1.54) is 16.4 Å². The van der Waals surface area contributed by atoms with Crippen LogP contribution in [0, 0.1) is 6.92 Å². The number of alkyl halides is 1. The number of hydrogen-bond donors (Lipinski definition) is 1. The Morgan fingerprint density at radius 3 is 3.14 bits per heavy atom. The molecule has 0 spiro atoms. The average Bonchev–Trinajstić information content (AvgIpc) is 2.47. The molecule has 0 fully saturated rings. The summed E-state index contributed by atoms with van der Waals surface area (Å²) in [6.07, 6.45) is 0. The first kappa shape index (κ1) is 9.95. The van der Waals surface area contributed by atoms with Crippen LogP contribution in [0.1, 0.15) is 5.69 Å². The molecular weight excluding hydrogens is 226 g/mol. The molecule has 1 aliphatic rings. The SMILES string of the molecule is Cc1nn2c(nc1=O)SC[C@]2(O)CCl. The van der Waals surface area contributed by atoms with E-state index >= 15 is 0 Å². The highest BCUT2D eigenvalue weighted by atomic mass is 35.5. The predicted octanol–water partition coefficient (Wildman–Crippen LogP) is -0.0637. The smallest absolute Gasteiger partial charge is 0.295 e. The molecule has 1 N–H and O–H groups in total. The van der Waals surface area contributed by atoms with Gasteiger partial charge in [0.25, 0.3) is 5.56 Å². The monoisotopic (exact) mass is 233 g/mol. The van der Waals surface area contributed by atoms with Crippen molar-refractivity contribution in [2.45, 2.75) is 17.8 Å². The molecule has 0 saturated carbocycles.